The first-order chi connectivity index (χ1) is 11.5. The summed E-state index contributed by atoms with van der Waals surface area (Å²) in [4.78, 5) is 49.8. The van der Waals surface area contributed by atoms with Crippen molar-refractivity contribution in [2.75, 3.05) is 12.3 Å². The molecule has 1 saturated heterocycles. The fourth-order valence-electron chi connectivity index (χ4n) is 3.64. The number of amides is 4. The minimum atomic E-state index is -0.968. The maximum absolute atomic E-state index is 12.8. The summed E-state index contributed by atoms with van der Waals surface area (Å²) in [6.45, 7) is 1.35. The van der Waals surface area contributed by atoms with Crippen molar-refractivity contribution in [3.63, 3.8) is 0 Å². The maximum Gasteiger partial charge on any atom is 0.264 e. The van der Waals surface area contributed by atoms with Gasteiger partial charge in [0, 0.05) is 18.7 Å². The third-order valence-electron chi connectivity index (χ3n) is 4.84. The van der Waals surface area contributed by atoms with E-state index in [2.05, 4.69) is 10.6 Å². The van der Waals surface area contributed by atoms with Crippen LogP contribution in [0.4, 0.5) is 5.69 Å². The van der Waals surface area contributed by atoms with Crippen LogP contribution >= 0.6 is 0 Å². The number of nitrogen functional groups attached to an aromatic ring is 1. The third-order valence-corrected chi connectivity index (χ3v) is 4.84. The molecule has 4 rings (SSSR count). The predicted octanol–water partition coefficient (Wildman–Crippen LogP) is -0.684. The van der Waals surface area contributed by atoms with Gasteiger partial charge < -0.3 is 11.1 Å². The minimum Gasteiger partial charge on any atom is -0.398 e. The van der Waals surface area contributed by atoms with E-state index in [9.17, 15) is 19.2 Å². The number of anilines is 1. The molecule has 124 valence electrons. The molecule has 3 aliphatic heterocycles. The number of nitrogens with two attached hydrogens (primary N) is 1. The van der Waals surface area contributed by atoms with E-state index < -0.39 is 29.7 Å². The normalized spacial score (nSPS) is 23.2. The van der Waals surface area contributed by atoms with Crippen LogP contribution in [0, 0.1) is 0 Å². The number of carbonyl (C=O) groups excluding carboxylic acids is 4. The average molecular weight is 328 g/mol. The van der Waals surface area contributed by atoms with Gasteiger partial charge in [-0.3, -0.25) is 29.4 Å². The van der Waals surface area contributed by atoms with E-state index in [0.29, 0.717) is 18.7 Å². The Hall–Kier alpha value is -2.74. The number of nitrogens with one attached hydrogen (secondary N) is 2. The summed E-state index contributed by atoms with van der Waals surface area (Å²) in [5.41, 5.74) is 8.73. The number of carbonyl (C=O) groups is 4. The van der Waals surface area contributed by atoms with Gasteiger partial charge in [0.25, 0.3) is 11.8 Å². The van der Waals surface area contributed by atoms with Gasteiger partial charge in [0.15, 0.2) is 0 Å². The molecule has 3 aliphatic rings. The van der Waals surface area contributed by atoms with E-state index in [4.69, 9.17) is 5.73 Å². The first-order valence-electron chi connectivity index (χ1n) is 7.85. The molecular weight excluding hydrogens is 312 g/mol. The van der Waals surface area contributed by atoms with Crippen molar-refractivity contribution in [1.82, 2.24) is 15.5 Å². The van der Waals surface area contributed by atoms with E-state index in [1.165, 1.54) is 0 Å². The number of nitrogens with zero attached hydrogens (tertiary/aromatic N) is 1. The first kappa shape index (κ1) is 14.8. The molecule has 24 heavy (non-hydrogen) atoms. The van der Waals surface area contributed by atoms with Gasteiger partial charge in [0.1, 0.15) is 6.04 Å². The van der Waals surface area contributed by atoms with Crippen molar-refractivity contribution in [2.24, 2.45) is 0 Å². The Labute approximate surface area is 137 Å². The Bertz CT molecular complexity index is 817. The van der Waals surface area contributed by atoms with Gasteiger partial charge >= 0.3 is 0 Å². The number of hydrogen-bond donors (Lipinski definition) is 3. The third kappa shape index (κ3) is 1.96. The van der Waals surface area contributed by atoms with E-state index in [1.807, 2.05) is 0 Å². The number of hydrogen-bond acceptors (Lipinski definition) is 6. The smallest absolute Gasteiger partial charge is 0.264 e. The Kier molecular flexibility index (Phi) is 3.17. The molecule has 1 atom stereocenters. The molecule has 0 aromatic heterocycles. The fraction of sp³-hybridized carbons (Fsp3) is 0.375. The van der Waals surface area contributed by atoms with E-state index >= 15 is 0 Å². The van der Waals surface area contributed by atoms with Gasteiger partial charge in [-0.1, -0.05) is 0 Å². The Morgan fingerprint density at radius 1 is 1.12 bits per heavy atom. The summed E-state index contributed by atoms with van der Waals surface area (Å²) in [6, 6.07) is 0.726. The number of imide groups is 2. The van der Waals surface area contributed by atoms with E-state index in [1.54, 1.807) is 6.07 Å². The zero-order chi connectivity index (χ0) is 17.0. The zero-order valence-corrected chi connectivity index (χ0v) is 12.8. The standard InChI is InChI=1S/C16H16N4O4/c17-13-8-3-4-18-6-7(8)5-9-12(13)16(24)20(15(9)23)10-1-2-11(21)19-14(10)22/h5,10,18H,1-4,6,17H2,(H,19,21,22). The molecule has 1 aromatic carbocycles. The van der Waals surface area contributed by atoms with E-state index in [-0.39, 0.29) is 24.0 Å². The van der Waals surface area contributed by atoms with Crippen molar-refractivity contribution in [3.05, 3.63) is 28.3 Å². The topological polar surface area (TPSA) is 122 Å². The zero-order valence-electron chi connectivity index (χ0n) is 12.8. The highest BCUT2D eigenvalue weighted by molar-refractivity contribution is 6.25. The summed E-state index contributed by atoms with van der Waals surface area (Å²) in [6.07, 6.45) is 0.922. The lowest BCUT2D eigenvalue weighted by Gasteiger charge is -2.27. The second-order valence-electron chi connectivity index (χ2n) is 6.22. The van der Waals surface area contributed by atoms with Crippen molar-refractivity contribution >= 4 is 29.3 Å². The van der Waals surface area contributed by atoms with Crippen LogP contribution in [0.25, 0.3) is 0 Å². The molecule has 1 fully saturated rings. The molecule has 8 heteroatoms. The second-order valence-corrected chi connectivity index (χ2v) is 6.22. The summed E-state index contributed by atoms with van der Waals surface area (Å²) in [5.74, 6) is -2.09. The average Bonchev–Trinajstić information content (AvgIpc) is 2.80. The highest BCUT2D eigenvalue weighted by atomic mass is 16.2. The molecule has 4 amide bonds. The molecule has 8 nitrogen and oxygen atoms in total. The minimum absolute atomic E-state index is 0.0969. The van der Waals surface area contributed by atoms with Crippen molar-refractivity contribution in [2.45, 2.75) is 31.8 Å². The number of rotatable bonds is 1. The van der Waals surface area contributed by atoms with Gasteiger partial charge in [0.05, 0.1) is 11.1 Å². The van der Waals surface area contributed by atoms with Crippen LogP contribution in [-0.4, -0.2) is 41.1 Å². The van der Waals surface area contributed by atoms with Crippen LogP contribution in [0.5, 0.6) is 0 Å². The Morgan fingerprint density at radius 2 is 1.92 bits per heavy atom. The molecule has 3 heterocycles. The van der Waals surface area contributed by atoms with Crippen molar-refractivity contribution in [1.29, 1.82) is 0 Å². The highest BCUT2D eigenvalue weighted by Crippen LogP contribution is 2.35. The van der Waals surface area contributed by atoms with Crippen LogP contribution in [0.15, 0.2) is 6.07 Å². The number of piperidine rings is 1. The summed E-state index contributed by atoms with van der Waals surface area (Å²) in [5, 5.41) is 5.38. The summed E-state index contributed by atoms with van der Waals surface area (Å²) in [7, 11) is 0. The Morgan fingerprint density at radius 3 is 2.67 bits per heavy atom. The number of benzene rings is 1. The van der Waals surface area contributed by atoms with Gasteiger partial charge in [-0.15, -0.1) is 0 Å². The quantitative estimate of drug-likeness (QED) is 0.464. The second kappa shape index (κ2) is 5.13. The van der Waals surface area contributed by atoms with Crippen LogP contribution in [0.3, 0.4) is 0 Å². The molecule has 0 spiro atoms. The number of fused-ring (bicyclic) bond motifs is 2. The van der Waals surface area contributed by atoms with Crippen molar-refractivity contribution in [3.8, 4) is 0 Å². The molecule has 4 N–H and O–H groups in total. The molecule has 0 bridgehead atoms. The van der Waals surface area contributed by atoms with Crippen molar-refractivity contribution < 1.29 is 19.2 Å². The summed E-state index contributed by atoms with van der Waals surface area (Å²) >= 11 is 0. The molecule has 0 saturated carbocycles. The van der Waals surface area contributed by atoms with Gasteiger partial charge in [-0.2, -0.15) is 0 Å². The van der Waals surface area contributed by atoms with Crippen LogP contribution in [-0.2, 0) is 22.6 Å². The Balaban J connectivity index is 1.77. The fourth-order valence-corrected chi connectivity index (χ4v) is 3.64. The SMILES string of the molecule is Nc1c2c(cc3c1C(=O)N(C1CCC(=O)NC1=O)C3=O)CNCC2. The monoisotopic (exact) mass is 328 g/mol. The van der Waals surface area contributed by atoms with Gasteiger partial charge in [-0.25, -0.2) is 0 Å². The first-order valence-corrected chi connectivity index (χ1v) is 7.85. The largest absolute Gasteiger partial charge is 0.398 e. The molecule has 0 aliphatic carbocycles. The molecular formula is C16H16N4O4. The highest BCUT2D eigenvalue weighted by Gasteiger charge is 2.46. The van der Waals surface area contributed by atoms with Crippen LogP contribution in [0.2, 0.25) is 0 Å². The molecule has 0 radical (unpaired) electrons. The maximum atomic E-state index is 12.8. The lowest BCUT2D eigenvalue weighted by Crippen LogP contribution is -2.54. The van der Waals surface area contributed by atoms with Gasteiger partial charge in [-0.05, 0) is 36.6 Å². The summed E-state index contributed by atoms with van der Waals surface area (Å²) < 4.78 is 0. The van der Waals surface area contributed by atoms with E-state index in [0.717, 1.165) is 22.6 Å². The predicted molar refractivity (Wildman–Crippen MR) is 82.9 cm³/mol. The lowest BCUT2D eigenvalue weighted by molar-refractivity contribution is -0.136. The lowest BCUT2D eigenvalue weighted by atomic mass is 9.93. The molecule has 1 aromatic rings. The van der Waals surface area contributed by atoms with Crippen LogP contribution in [0.1, 0.15) is 44.7 Å². The van der Waals surface area contributed by atoms with Crippen LogP contribution < -0.4 is 16.4 Å². The van der Waals surface area contributed by atoms with Gasteiger partial charge in [0.2, 0.25) is 11.8 Å². The molecule has 1 unspecified atom stereocenters.